The first-order valence-corrected chi connectivity index (χ1v) is 7.53. The van der Waals surface area contributed by atoms with Gasteiger partial charge in [0.15, 0.2) is 0 Å². The van der Waals surface area contributed by atoms with Crippen molar-refractivity contribution in [2.45, 2.75) is 37.7 Å². The van der Waals surface area contributed by atoms with Crippen molar-refractivity contribution in [3.63, 3.8) is 0 Å². The van der Waals surface area contributed by atoms with Gasteiger partial charge in [-0.05, 0) is 50.0 Å². The summed E-state index contributed by atoms with van der Waals surface area (Å²) in [5.41, 5.74) is 0.942. The molecule has 0 radical (unpaired) electrons. The average molecular weight is 288 g/mol. The third-order valence-electron chi connectivity index (χ3n) is 4.11. The van der Waals surface area contributed by atoms with Gasteiger partial charge in [0.25, 0.3) is 0 Å². The van der Waals surface area contributed by atoms with Crippen LogP contribution in [-0.4, -0.2) is 31.0 Å². The lowest BCUT2D eigenvalue weighted by atomic mass is 9.90. The number of hydrogen-bond acceptors (Lipinski definition) is 4. The Hall–Kier alpha value is -1.88. The molecule has 5 heteroatoms. The zero-order chi connectivity index (χ0) is 14.7. The van der Waals surface area contributed by atoms with Gasteiger partial charge in [0, 0.05) is 6.42 Å². The third-order valence-corrected chi connectivity index (χ3v) is 4.11. The van der Waals surface area contributed by atoms with E-state index in [1.165, 1.54) is 0 Å². The fourth-order valence-electron chi connectivity index (χ4n) is 2.90. The van der Waals surface area contributed by atoms with Crippen LogP contribution >= 0.6 is 0 Å². The van der Waals surface area contributed by atoms with Gasteiger partial charge in [-0.1, -0.05) is 12.1 Å². The molecule has 2 saturated heterocycles. The molecule has 1 aromatic rings. The maximum absolute atomic E-state index is 11.8. The topological polar surface area (TPSA) is 67.4 Å². The summed E-state index contributed by atoms with van der Waals surface area (Å²) < 4.78 is 5.95. The van der Waals surface area contributed by atoms with Crippen LogP contribution in [0.15, 0.2) is 24.3 Å². The fourth-order valence-corrected chi connectivity index (χ4v) is 2.90. The highest BCUT2D eigenvalue weighted by Gasteiger charge is 2.27. The molecule has 5 nitrogen and oxygen atoms in total. The number of piperidine rings is 2. The van der Waals surface area contributed by atoms with Crippen LogP contribution in [-0.2, 0) is 9.59 Å². The fraction of sp³-hybridized carbons (Fsp3) is 0.500. The summed E-state index contributed by atoms with van der Waals surface area (Å²) in [5, 5.41) is 5.70. The highest BCUT2D eigenvalue weighted by Crippen LogP contribution is 2.27. The van der Waals surface area contributed by atoms with Crippen molar-refractivity contribution in [3.8, 4) is 5.75 Å². The second-order valence-corrected chi connectivity index (χ2v) is 5.64. The van der Waals surface area contributed by atoms with Gasteiger partial charge in [-0.2, -0.15) is 0 Å². The standard InChI is InChI=1S/C16H20N2O3/c19-15-6-5-14(16(20)18-15)11-1-3-12(4-2-11)21-13-7-9-17-10-8-13/h1-4,13-14,17H,5-10H2,(H,18,19,20). The molecular weight excluding hydrogens is 268 g/mol. The Kier molecular flexibility index (Phi) is 4.20. The monoisotopic (exact) mass is 288 g/mol. The van der Waals surface area contributed by atoms with E-state index in [4.69, 9.17) is 4.74 Å². The predicted molar refractivity (Wildman–Crippen MR) is 78.1 cm³/mol. The van der Waals surface area contributed by atoms with Gasteiger partial charge in [-0.25, -0.2) is 0 Å². The Morgan fingerprint density at radius 3 is 2.38 bits per heavy atom. The SMILES string of the molecule is O=C1CCC(c2ccc(OC3CCNCC3)cc2)C(=O)N1. The minimum absolute atomic E-state index is 0.179. The highest BCUT2D eigenvalue weighted by molar-refractivity contribution is 6.00. The summed E-state index contributed by atoms with van der Waals surface area (Å²) in [6.07, 6.45) is 3.31. The number of benzene rings is 1. The van der Waals surface area contributed by atoms with Crippen LogP contribution in [0.5, 0.6) is 5.75 Å². The molecule has 112 valence electrons. The van der Waals surface area contributed by atoms with Crippen molar-refractivity contribution < 1.29 is 14.3 Å². The maximum atomic E-state index is 11.8. The highest BCUT2D eigenvalue weighted by atomic mass is 16.5. The summed E-state index contributed by atoms with van der Waals surface area (Å²) in [7, 11) is 0. The van der Waals surface area contributed by atoms with Gasteiger partial charge in [0.2, 0.25) is 11.8 Å². The predicted octanol–water partition coefficient (Wildman–Crippen LogP) is 1.34. The van der Waals surface area contributed by atoms with Crippen LogP contribution in [0.1, 0.15) is 37.2 Å². The minimum atomic E-state index is -0.226. The Bertz CT molecular complexity index is 521. The number of carbonyl (C=O) groups excluding carboxylic acids is 2. The molecular formula is C16H20N2O3. The van der Waals surface area contributed by atoms with Crippen molar-refractivity contribution in [1.82, 2.24) is 10.6 Å². The molecule has 0 aromatic heterocycles. The summed E-state index contributed by atoms with van der Waals surface area (Å²) >= 11 is 0. The van der Waals surface area contributed by atoms with Crippen molar-refractivity contribution in [2.75, 3.05) is 13.1 Å². The van der Waals surface area contributed by atoms with Gasteiger partial charge >= 0.3 is 0 Å². The van der Waals surface area contributed by atoms with E-state index in [2.05, 4.69) is 10.6 Å². The van der Waals surface area contributed by atoms with E-state index in [0.717, 1.165) is 37.2 Å². The zero-order valence-electron chi connectivity index (χ0n) is 11.9. The molecule has 1 aromatic carbocycles. The first-order chi connectivity index (χ1) is 10.2. The van der Waals surface area contributed by atoms with Crippen LogP contribution < -0.4 is 15.4 Å². The normalized spacial score (nSPS) is 23.7. The van der Waals surface area contributed by atoms with Gasteiger partial charge in [0.05, 0.1) is 5.92 Å². The molecule has 2 fully saturated rings. The van der Waals surface area contributed by atoms with E-state index < -0.39 is 0 Å². The Labute approximate surface area is 124 Å². The molecule has 1 unspecified atom stereocenters. The molecule has 0 spiro atoms. The Morgan fingerprint density at radius 2 is 1.71 bits per heavy atom. The van der Waals surface area contributed by atoms with E-state index in [0.29, 0.717) is 12.8 Å². The van der Waals surface area contributed by atoms with Crippen molar-refractivity contribution in [3.05, 3.63) is 29.8 Å². The molecule has 0 aliphatic carbocycles. The van der Waals surface area contributed by atoms with Gasteiger partial charge < -0.3 is 10.1 Å². The molecule has 21 heavy (non-hydrogen) atoms. The average Bonchev–Trinajstić information content (AvgIpc) is 2.49. The minimum Gasteiger partial charge on any atom is -0.490 e. The smallest absolute Gasteiger partial charge is 0.234 e. The van der Waals surface area contributed by atoms with Crippen molar-refractivity contribution >= 4 is 11.8 Å². The van der Waals surface area contributed by atoms with E-state index in [9.17, 15) is 9.59 Å². The largest absolute Gasteiger partial charge is 0.490 e. The lowest BCUT2D eigenvalue weighted by Crippen LogP contribution is -2.39. The molecule has 2 heterocycles. The van der Waals surface area contributed by atoms with Crippen LogP contribution in [0.3, 0.4) is 0 Å². The van der Waals surface area contributed by atoms with Gasteiger partial charge in [0.1, 0.15) is 11.9 Å². The number of carbonyl (C=O) groups is 2. The number of amides is 2. The van der Waals surface area contributed by atoms with E-state index >= 15 is 0 Å². The quantitative estimate of drug-likeness (QED) is 0.824. The first-order valence-electron chi connectivity index (χ1n) is 7.53. The summed E-state index contributed by atoms with van der Waals surface area (Å²) in [4.78, 5) is 23.0. The van der Waals surface area contributed by atoms with E-state index in [-0.39, 0.29) is 23.8 Å². The summed E-state index contributed by atoms with van der Waals surface area (Å²) in [6, 6.07) is 7.69. The number of rotatable bonds is 3. The molecule has 0 bridgehead atoms. The third kappa shape index (κ3) is 3.42. The Balaban J connectivity index is 1.63. The molecule has 3 rings (SSSR count). The molecule has 2 aliphatic rings. The van der Waals surface area contributed by atoms with Gasteiger partial charge in [-0.3, -0.25) is 14.9 Å². The number of imide groups is 1. The van der Waals surface area contributed by atoms with Gasteiger partial charge in [-0.15, -0.1) is 0 Å². The van der Waals surface area contributed by atoms with Crippen molar-refractivity contribution in [1.29, 1.82) is 0 Å². The number of ether oxygens (including phenoxy) is 1. The Morgan fingerprint density at radius 1 is 1.00 bits per heavy atom. The maximum Gasteiger partial charge on any atom is 0.234 e. The molecule has 2 N–H and O–H groups in total. The molecule has 2 amide bonds. The summed E-state index contributed by atoms with van der Waals surface area (Å²) in [5.74, 6) is 0.244. The number of nitrogens with one attached hydrogen (secondary N) is 2. The lowest BCUT2D eigenvalue weighted by molar-refractivity contribution is -0.134. The molecule has 2 aliphatic heterocycles. The van der Waals surface area contributed by atoms with Crippen LogP contribution in [0.25, 0.3) is 0 Å². The number of hydrogen-bond donors (Lipinski definition) is 2. The summed E-state index contributed by atoms with van der Waals surface area (Å²) in [6.45, 7) is 2.00. The van der Waals surface area contributed by atoms with Crippen LogP contribution in [0.4, 0.5) is 0 Å². The van der Waals surface area contributed by atoms with Crippen molar-refractivity contribution in [2.24, 2.45) is 0 Å². The molecule has 1 atom stereocenters. The van der Waals surface area contributed by atoms with Crippen LogP contribution in [0.2, 0.25) is 0 Å². The zero-order valence-corrected chi connectivity index (χ0v) is 11.9. The first kappa shape index (κ1) is 14.1. The second-order valence-electron chi connectivity index (χ2n) is 5.64. The second kappa shape index (κ2) is 6.26. The van der Waals surface area contributed by atoms with E-state index in [1.54, 1.807) is 0 Å². The van der Waals surface area contributed by atoms with E-state index in [1.807, 2.05) is 24.3 Å². The lowest BCUT2D eigenvalue weighted by Gasteiger charge is -2.24. The molecule has 0 saturated carbocycles. The van der Waals surface area contributed by atoms with Crippen LogP contribution in [0, 0.1) is 0 Å².